The van der Waals surface area contributed by atoms with E-state index in [0.717, 1.165) is 38.5 Å². The minimum Gasteiger partial charge on any atom is -0.480 e. The number of carbonyl (C=O) groups is 3. The molecule has 7 nitrogen and oxygen atoms in total. The molecule has 2 rings (SSSR count). The van der Waals surface area contributed by atoms with Crippen LogP contribution in [-0.2, 0) is 19.1 Å². The molecule has 2 aliphatic heterocycles. The highest BCUT2D eigenvalue weighted by Gasteiger charge is 2.37. The molecule has 1 amide bonds. The highest BCUT2D eigenvalue weighted by Crippen LogP contribution is 2.30. The minimum atomic E-state index is -1.45. The van der Waals surface area contributed by atoms with Crippen LogP contribution in [0.15, 0.2) is 46.6 Å². The van der Waals surface area contributed by atoms with Gasteiger partial charge in [-0.2, -0.15) is 0 Å². The van der Waals surface area contributed by atoms with Gasteiger partial charge in [-0.1, -0.05) is 42.7 Å². The lowest BCUT2D eigenvalue weighted by atomic mass is 9.94. The van der Waals surface area contributed by atoms with Crippen molar-refractivity contribution in [2.45, 2.75) is 84.8 Å². The highest BCUT2D eigenvalue weighted by atomic mass is 16.7. The number of amides is 1. The van der Waals surface area contributed by atoms with E-state index < -0.39 is 17.7 Å². The Morgan fingerprint density at radius 1 is 1.21 bits per heavy atom. The number of allylic oxidation sites excluding steroid dienone is 4. The van der Waals surface area contributed by atoms with Crippen LogP contribution in [0.4, 0.5) is 0 Å². The van der Waals surface area contributed by atoms with E-state index in [4.69, 9.17) is 9.84 Å². The lowest BCUT2D eigenvalue weighted by molar-refractivity contribution is -0.183. The number of esters is 1. The average Bonchev–Trinajstić information content (AvgIpc) is 3.19. The van der Waals surface area contributed by atoms with Gasteiger partial charge in [-0.25, -0.2) is 4.79 Å². The van der Waals surface area contributed by atoms with Gasteiger partial charge >= 0.3 is 11.9 Å². The summed E-state index contributed by atoms with van der Waals surface area (Å²) in [5, 5.41) is 19.2. The monoisotopic (exact) mass is 473 g/mol. The summed E-state index contributed by atoms with van der Waals surface area (Å²) in [7, 11) is 0. The van der Waals surface area contributed by atoms with E-state index in [1.807, 2.05) is 6.08 Å². The molecule has 0 spiro atoms. The number of carboxylic acids is 1. The molecule has 0 aromatic heterocycles. The molecule has 188 valence electrons. The Morgan fingerprint density at radius 2 is 1.88 bits per heavy atom. The SMILES string of the molecule is CC(=CCCC1=CCN(CC(=O)O)C1=O)CCC=C(C)CCCC(C)CC1(O)C=C(C)C(=O)O1. The fourth-order valence-corrected chi connectivity index (χ4v) is 4.43. The number of nitrogens with zero attached hydrogens (tertiary/aromatic N) is 1. The van der Waals surface area contributed by atoms with Gasteiger partial charge in [-0.3, -0.25) is 9.59 Å². The van der Waals surface area contributed by atoms with E-state index in [0.29, 0.717) is 30.5 Å². The van der Waals surface area contributed by atoms with Crippen LogP contribution in [0.3, 0.4) is 0 Å². The van der Waals surface area contributed by atoms with Crippen molar-refractivity contribution in [1.29, 1.82) is 0 Å². The third-order valence-corrected chi connectivity index (χ3v) is 6.33. The molecule has 0 bridgehead atoms. The van der Waals surface area contributed by atoms with Gasteiger partial charge in [0.15, 0.2) is 0 Å². The topological polar surface area (TPSA) is 104 Å². The standard InChI is InChI=1S/C27H39NO6/c1-19(10-6-12-21(3)16-27(33)17-22(4)26(32)34-27)8-5-9-20(2)11-7-13-23-14-15-28(25(23)31)18-24(29)30/h8,11,14,17,21,33H,5-7,9-10,12-13,15-16,18H2,1-4H3,(H,29,30). The van der Waals surface area contributed by atoms with Gasteiger partial charge in [-0.05, 0) is 71.3 Å². The number of cyclic esters (lactones) is 1. The molecule has 2 unspecified atom stereocenters. The zero-order chi connectivity index (χ0) is 25.3. The second-order valence-electron chi connectivity index (χ2n) is 9.75. The van der Waals surface area contributed by atoms with Crippen LogP contribution in [0.1, 0.15) is 79.1 Å². The Balaban J connectivity index is 1.61. The summed E-state index contributed by atoms with van der Waals surface area (Å²) in [4.78, 5) is 35.8. The fraction of sp³-hybridized carbons (Fsp3) is 0.593. The van der Waals surface area contributed by atoms with Crippen molar-refractivity contribution in [1.82, 2.24) is 4.90 Å². The second-order valence-corrected chi connectivity index (χ2v) is 9.75. The largest absolute Gasteiger partial charge is 0.480 e. The van der Waals surface area contributed by atoms with Crippen LogP contribution in [-0.4, -0.2) is 51.8 Å². The van der Waals surface area contributed by atoms with Crippen molar-refractivity contribution in [3.05, 3.63) is 46.6 Å². The van der Waals surface area contributed by atoms with Crippen molar-refractivity contribution in [3.8, 4) is 0 Å². The molecule has 2 N–H and O–H groups in total. The lowest BCUT2D eigenvalue weighted by Crippen LogP contribution is -2.32. The van der Waals surface area contributed by atoms with Gasteiger partial charge in [0, 0.05) is 24.1 Å². The molecule has 0 radical (unpaired) electrons. The van der Waals surface area contributed by atoms with Crippen LogP contribution in [0.5, 0.6) is 0 Å². The molecule has 0 saturated carbocycles. The number of ether oxygens (including phenoxy) is 1. The van der Waals surface area contributed by atoms with Gasteiger partial charge in [0.2, 0.25) is 11.7 Å². The third-order valence-electron chi connectivity index (χ3n) is 6.33. The number of aliphatic hydroxyl groups is 1. The van der Waals surface area contributed by atoms with Crippen LogP contribution in [0, 0.1) is 5.92 Å². The van der Waals surface area contributed by atoms with E-state index >= 15 is 0 Å². The first-order valence-corrected chi connectivity index (χ1v) is 12.2. The zero-order valence-electron chi connectivity index (χ0n) is 20.9. The minimum absolute atomic E-state index is 0.161. The van der Waals surface area contributed by atoms with Crippen molar-refractivity contribution < 1.29 is 29.3 Å². The Morgan fingerprint density at radius 3 is 2.53 bits per heavy atom. The fourth-order valence-electron chi connectivity index (χ4n) is 4.43. The molecule has 0 fully saturated rings. The summed E-state index contributed by atoms with van der Waals surface area (Å²) in [5.74, 6) is -2.79. The lowest BCUT2D eigenvalue weighted by Gasteiger charge is -2.23. The molecular weight excluding hydrogens is 434 g/mol. The van der Waals surface area contributed by atoms with Gasteiger partial charge in [0.05, 0.1) is 0 Å². The molecular formula is C27H39NO6. The molecule has 0 aromatic rings. The number of hydrogen-bond donors (Lipinski definition) is 2. The molecule has 0 aromatic carbocycles. The van der Waals surface area contributed by atoms with Crippen LogP contribution in [0.2, 0.25) is 0 Å². The Kier molecular flexibility index (Phi) is 10.3. The van der Waals surface area contributed by atoms with Crippen molar-refractivity contribution in [2.75, 3.05) is 13.1 Å². The van der Waals surface area contributed by atoms with Gasteiger partial charge in [0.25, 0.3) is 0 Å². The number of carboxylic acid groups (broad SMARTS) is 1. The molecule has 7 heteroatoms. The maximum Gasteiger partial charge on any atom is 0.336 e. The van der Waals surface area contributed by atoms with E-state index in [1.54, 1.807) is 6.92 Å². The molecule has 2 heterocycles. The smallest absolute Gasteiger partial charge is 0.336 e. The molecule has 2 atom stereocenters. The Hall–Kier alpha value is -2.67. The second kappa shape index (κ2) is 12.7. The highest BCUT2D eigenvalue weighted by molar-refractivity contribution is 5.97. The third kappa shape index (κ3) is 8.93. The van der Waals surface area contributed by atoms with Crippen LogP contribution < -0.4 is 0 Å². The summed E-state index contributed by atoms with van der Waals surface area (Å²) < 4.78 is 5.08. The summed E-state index contributed by atoms with van der Waals surface area (Å²) >= 11 is 0. The van der Waals surface area contributed by atoms with E-state index in [1.165, 1.54) is 22.1 Å². The van der Waals surface area contributed by atoms with Gasteiger partial charge in [0.1, 0.15) is 6.54 Å². The number of carbonyl (C=O) groups excluding carboxylic acids is 2. The number of aliphatic carboxylic acids is 1. The van der Waals surface area contributed by atoms with Crippen molar-refractivity contribution in [2.24, 2.45) is 5.92 Å². The maximum absolute atomic E-state index is 12.2. The molecule has 2 aliphatic rings. The van der Waals surface area contributed by atoms with E-state index in [9.17, 15) is 19.5 Å². The van der Waals surface area contributed by atoms with Gasteiger partial charge < -0.3 is 19.8 Å². The number of rotatable bonds is 14. The normalized spacial score (nSPS) is 22.1. The number of hydrogen-bond acceptors (Lipinski definition) is 5. The molecule has 0 aliphatic carbocycles. The Labute approximate surface area is 202 Å². The van der Waals surface area contributed by atoms with E-state index in [2.05, 4.69) is 32.9 Å². The summed E-state index contributed by atoms with van der Waals surface area (Å²) in [6.07, 6.45) is 14.5. The van der Waals surface area contributed by atoms with Crippen molar-refractivity contribution >= 4 is 17.8 Å². The summed E-state index contributed by atoms with van der Waals surface area (Å²) in [6.45, 7) is 8.11. The van der Waals surface area contributed by atoms with Crippen LogP contribution >= 0.6 is 0 Å². The first kappa shape index (κ1) is 27.6. The van der Waals surface area contributed by atoms with Gasteiger partial charge in [-0.15, -0.1) is 0 Å². The summed E-state index contributed by atoms with van der Waals surface area (Å²) in [5.41, 5.74) is 3.81. The van der Waals surface area contributed by atoms with E-state index in [-0.39, 0.29) is 18.4 Å². The van der Waals surface area contributed by atoms with Crippen LogP contribution in [0.25, 0.3) is 0 Å². The predicted octanol–water partition coefficient (Wildman–Crippen LogP) is 4.68. The Bertz CT molecular complexity index is 897. The molecule has 34 heavy (non-hydrogen) atoms. The summed E-state index contributed by atoms with van der Waals surface area (Å²) in [6, 6.07) is 0. The predicted molar refractivity (Wildman–Crippen MR) is 131 cm³/mol. The quantitative estimate of drug-likeness (QED) is 0.280. The first-order chi connectivity index (χ1) is 16.0. The maximum atomic E-state index is 12.2. The molecule has 0 saturated heterocycles. The zero-order valence-corrected chi connectivity index (χ0v) is 20.9. The van der Waals surface area contributed by atoms with Crippen molar-refractivity contribution in [3.63, 3.8) is 0 Å². The average molecular weight is 474 g/mol. The first-order valence-electron chi connectivity index (χ1n) is 12.2.